The number of hydrogen-bond acceptors (Lipinski definition) is 4. The van der Waals surface area contributed by atoms with Crippen molar-refractivity contribution >= 4 is 44.0 Å². The summed E-state index contributed by atoms with van der Waals surface area (Å²) in [4.78, 5) is 24.3. The van der Waals surface area contributed by atoms with Crippen molar-refractivity contribution < 1.29 is 4.79 Å². The Morgan fingerprint density at radius 3 is 2.85 bits per heavy atom. The predicted octanol–water partition coefficient (Wildman–Crippen LogP) is 5.52. The second-order valence-corrected chi connectivity index (χ2v) is 9.42. The molecule has 0 saturated carbocycles. The van der Waals surface area contributed by atoms with Crippen LogP contribution < -0.4 is 0 Å². The maximum absolute atomic E-state index is 12.7. The number of benzene rings is 1. The Bertz CT molecular complexity index is 1560. The lowest BCUT2D eigenvalue weighted by Gasteiger charge is -2.27. The summed E-state index contributed by atoms with van der Waals surface area (Å²) in [7, 11) is 0. The predicted molar refractivity (Wildman–Crippen MR) is 137 cm³/mol. The van der Waals surface area contributed by atoms with Gasteiger partial charge in [-0.25, -0.2) is 9.50 Å². The van der Waals surface area contributed by atoms with E-state index in [2.05, 4.69) is 44.2 Å². The Balaban J connectivity index is 1.38. The van der Waals surface area contributed by atoms with Gasteiger partial charge in [0, 0.05) is 41.4 Å². The maximum atomic E-state index is 12.7. The Morgan fingerprint density at radius 1 is 1.18 bits per heavy atom. The molecule has 0 atom stereocenters. The average Bonchev–Trinajstić information content (AvgIpc) is 3.56. The van der Waals surface area contributed by atoms with Crippen molar-refractivity contribution in [3.05, 3.63) is 88.5 Å². The zero-order chi connectivity index (χ0) is 23.2. The van der Waals surface area contributed by atoms with Gasteiger partial charge in [-0.3, -0.25) is 9.78 Å². The summed E-state index contributed by atoms with van der Waals surface area (Å²) >= 11 is 3.76. The van der Waals surface area contributed by atoms with E-state index in [4.69, 9.17) is 4.98 Å². The zero-order valence-electron chi connectivity index (χ0n) is 18.7. The number of pyridine rings is 1. The molecule has 6 nitrogen and oxygen atoms in total. The third-order valence-corrected chi connectivity index (χ3v) is 7.50. The van der Waals surface area contributed by atoms with Crippen molar-refractivity contribution in [2.75, 3.05) is 13.1 Å². The monoisotopic (exact) mass is 511 g/mol. The second kappa shape index (κ2) is 8.33. The molecule has 1 aromatic carbocycles. The molecular weight excluding hydrogens is 490 g/mol. The molecule has 0 radical (unpaired) electrons. The standard InChI is InChI=1S/C27H22BrN5O/c1-17-24(28)25(18-10-12-32(13-11-18)27(34)19-6-2-3-7-19)31-26-22(16-30-33(17)26)21-14-20-8-4-5-9-23(20)29-15-21/h2-6,8-10,14-16H,7,11-13H2,1H3. The Labute approximate surface area is 205 Å². The number of carbonyl (C=O) groups excluding carboxylic acids is 1. The molecule has 2 aliphatic rings. The Hall–Kier alpha value is -3.58. The normalized spacial score (nSPS) is 15.8. The van der Waals surface area contributed by atoms with Gasteiger partial charge in [-0.15, -0.1) is 0 Å². The van der Waals surface area contributed by atoms with E-state index in [0.29, 0.717) is 13.1 Å². The fourth-order valence-corrected chi connectivity index (χ4v) is 5.14. The minimum Gasteiger partial charge on any atom is -0.335 e. The lowest BCUT2D eigenvalue weighted by atomic mass is 10.0. The minimum atomic E-state index is 0.126. The molecule has 4 aromatic rings. The van der Waals surface area contributed by atoms with Crippen molar-refractivity contribution in [3.63, 3.8) is 0 Å². The Morgan fingerprint density at radius 2 is 2.06 bits per heavy atom. The van der Waals surface area contributed by atoms with Gasteiger partial charge < -0.3 is 4.90 Å². The molecule has 3 aromatic heterocycles. The van der Waals surface area contributed by atoms with Crippen LogP contribution >= 0.6 is 15.9 Å². The summed E-state index contributed by atoms with van der Waals surface area (Å²) in [5.74, 6) is 0.126. The van der Waals surface area contributed by atoms with Crippen LogP contribution in [0.25, 0.3) is 33.3 Å². The first-order valence-corrected chi connectivity index (χ1v) is 12.1. The van der Waals surface area contributed by atoms with Crippen molar-refractivity contribution in [2.24, 2.45) is 0 Å². The Kier molecular flexibility index (Phi) is 5.14. The van der Waals surface area contributed by atoms with Crippen LogP contribution in [0.1, 0.15) is 24.2 Å². The third-order valence-electron chi connectivity index (χ3n) is 6.55. The quantitative estimate of drug-likeness (QED) is 0.363. The van der Waals surface area contributed by atoms with Gasteiger partial charge >= 0.3 is 0 Å². The van der Waals surface area contributed by atoms with Gasteiger partial charge in [-0.05, 0) is 53.4 Å². The van der Waals surface area contributed by atoms with Gasteiger partial charge in [0.1, 0.15) is 0 Å². The molecule has 34 heavy (non-hydrogen) atoms. The van der Waals surface area contributed by atoms with E-state index in [-0.39, 0.29) is 5.91 Å². The largest absolute Gasteiger partial charge is 0.335 e. The summed E-state index contributed by atoms with van der Waals surface area (Å²) in [6, 6.07) is 10.2. The van der Waals surface area contributed by atoms with E-state index >= 15 is 0 Å². The SMILES string of the molecule is Cc1c(Br)c(C2=CCN(C(=O)C3=CC=CC3)CC2)nc2c(-c3cnc4ccccc4c3)cnn12. The summed E-state index contributed by atoms with van der Waals surface area (Å²) in [5, 5.41) is 5.70. The van der Waals surface area contributed by atoms with Gasteiger partial charge in [0.15, 0.2) is 5.65 Å². The average molecular weight is 512 g/mol. The number of nitrogens with zero attached hydrogens (tertiary/aromatic N) is 5. The van der Waals surface area contributed by atoms with Gasteiger partial charge in [-0.1, -0.05) is 42.5 Å². The number of rotatable bonds is 3. The molecule has 1 aliphatic heterocycles. The molecule has 1 aliphatic carbocycles. The highest BCUT2D eigenvalue weighted by Gasteiger charge is 2.24. The highest BCUT2D eigenvalue weighted by molar-refractivity contribution is 9.10. The molecule has 6 rings (SSSR count). The topological polar surface area (TPSA) is 63.4 Å². The minimum absolute atomic E-state index is 0.126. The van der Waals surface area contributed by atoms with Crippen LogP contribution in [-0.2, 0) is 4.79 Å². The molecule has 7 heteroatoms. The van der Waals surface area contributed by atoms with Crippen LogP contribution in [-0.4, -0.2) is 43.5 Å². The van der Waals surface area contributed by atoms with Crippen molar-refractivity contribution in [3.8, 4) is 11.1 Å². The fourth-order valence-electron chi connectivity index (χ4n) is 4.63. The van der Waals surface area contributed by atoms with Gasteiger partial charge in [0.05, 0.1) is 27.6 Å². The zero-order valence-corrected chi connectivity index (χ0v) is 20.3. The van der Waals surface area contributed by atoms with E-state index in [0.717, 1.165) is 67.5 Å². The van der Waals surface area contributed by atoms with Crippen LogP contribution in [0.5, 0.6) is 0 Å². The molecule has 0 N–H and O–H groups in total. The molecule has 0 spiro atoms. The first-order chi connectivity index (χ1) is 16.6. The first-order valence-electron chi connectivity index (χ1n) is 11.3. The lowest BCUT2D eigenvalue weighted by molar-refractivity contribution is -0.126. The molecular formula is C27H22BrN5O. The number of hydrogen-bond donors (Lipinski definition) is 0. The smallest absolute Gasteiger partial charge is 0.250 e. The molecule has 0 saturated heterocycles. The maximum Gasteiger partial charge on any atom is 0.250 e. The summed E-state index contributed by atoms with van der Waals surface area (Å²) < 4.78 is 2.80. The fraction of sp³-hybridized carbons (Fsp3) is 0.185. The van der Waals surface area contributed by atoms with Gasteiger partial charge in [0.25, 0.3) is 0 Å². The van der Waals surface area contributed by atoms with Crippen LogP contribution in [0.3, 0.4) is 0 Å². The number of para-hydroxylation sites is 1. The number of carbonyl (C=O) groups is 1. The number of aryl methyl sites for hydroxylation is 1. The molecule has 168 valence electrons. The van der Waals surface area contributed by atoms with Crippen LogP contribution in [0.4, 0.5) is 0 Å². The molecule has 1 amide bonds. The van der Waals surface area contributed by atoms with E-state index in [9.17, 15) is 4.79 Å². The highest BCUT2D eigenvalue weighted by Crippen LogP contribution is 2.34. The van der Waals surface area contributed by atoms with E-state index < -0.39 is 0 Å². The van der Waals surface area contributed by atoms with Crippen LogP contribution in [0, 0.1) is 6.92 Å². The molecule has 0 bridgehead atoms. The molecule has 0 unspecified atom stereocenters. The van der Waals surface area contributed by atoms with Crippen molar-refractivity contribution in [2.45, 2.75) is 19.8 Å². The number of amides is 1. The molecule has 4 heterocycles. The molecule has 0 fully saturated rings. The number of allylic oxidation sites excluding steroid dienone is 3. The lowest BCUT2D eigenvalue weighted by Crippen LogP contribution is -2.35. The first kappa shape index (κ1) is 21.0. The number of fused-ring (bicyclic) bond motifs is 2. The van der Waals surface area contributed by atoms with Gasteiger partial charge in [-0.2, -0.15) is 5.10 Å². The van der Waals surface area contributed by atoms with E-state index in [1.807, 2.05) is 65.2 Å². The third kappa shape index (κ3) is 3.47. The second-order valence-electron chi connectivity index (χ2n) is 8.62. The van der Waals surface area contributed by atoms with Crippen molar-refractivity contribution in [1.82, 2.24) is 24.5 Å². The van der Waals surface area contributed by atoms with Crippen LogP contribution in [0.15, 0.2) is 77.1 Å². The van der Waals surface area contributed by atoms with Crippen molar-refractivity contribution in [1.29, 1.82) is 0 Å². The number of halogens is 1. The summed E-state index contributed by atoms with van der Waals surface area (Å²) in [5.41, 5.74) is 7.60. The highest BCUT2D eigenvalue weighted by atomic mass is 79.9. The van der Waals surface area contributed by atoms with Gasteiger partial charge in [0.2, 0.25) is 5.91 Å². The van der Waals surface area contributed by atoms with E-state index in [1.54, 1.807) is 0 Å². The number of aromatic nitrogens is 4. The summed E-state index contributed by atoms with van der Waals surface area (Å²) in [6.07, 6.45) is 13.2. The van der Waals surface area contributed by atoms with Crippen LogP contribution in [0.2, 0.25) is 0 Å². The van der Waals surface area contributed by atoms with E-state index in [1.165, 1.54) is 0 Å². The summed E-state index contributed by atoms with van der Waals surface area (Å²) in [6.45, 7) is 3.31.